The van der Waals surface area contributed by atoms with Gasteiger partial charge in [-0.3, -0.25) is 0 Å². The van der Waals surface area contributed by atoms with Gasteiger partial charge in [0.2, 0.25) is 5.89 Å². The molecule has 19 heavy (non-hydrogen) atoms. The van der Waals surface area contributed by atoms with Crippen LogP contribution in [0.4, 0.5) is 4.39 Å². The van der Waals surface area contributed by atoms with E-state index in [1.807, 2.05) is 6.07 Å². The molecule has 0 fully saturated rings. The van der Waals surface area contributed by atoms with Crippen molar-refractivity contribution in [2.75, 3.05) is 6.54 Å². The minimum atomic E-state index is -0.151. The third-order valence-corrected chi connectivity index (χ3v) is 3.49. The van der Waals surface area contributed by atoms with Crippen LogP contribution in [0.2, 0.25) is 0 Å². The van der Waals surface area contributed by atoms with Gasteiger partial charge in [-0.1, -0.05) is 11.2 Å². The molecule has 0 bridgehead atoms. The van der Waals surface area contributed by atoms with Crippen LogP contribution >= 0.6 is 0 Å². The van der Waals surface area contributed by atoms with E-state index in [1.54, 1.807) is 13.0 Å². The van der Waals surface area contributed by atoms with E-state index in [0.717, 1.165) is 37.2 Å². The second kappa shape index (κ2) is 5.09. The van der Waals surface area contributed by atoms with Crippen molar-refractivity contribution < 1.29 is 8.91 Å². The van der Waals surface area contributed by atoms with Gasteiger partial charge in [0.15, 0.2) is 5.82 Å². The summed E-state index contributed by atoms with van der Waals surface area (Å²) < 4.78 is 18.0. The molecule has 1 heterocycles. The zero-order valence-electron chi connectivity index (χ0n) is 10.8. The Bertz CT molecular complexity index is 582. The number of benzene rings is 1. The molecule has 0 saturated heterocycles. The molecule has 5 heteroatoms. The third-order valence-electron chi connectivity index (χ3n) is 3.49. The summed E-state index contributed by atoms with van der Waals surface area (Å²) in [5, 5.41) is 7.33. The number of hydrogen-bond donors (Lipinski definition) is 1. The van der Waals surface area contributed by atoms with E-state index in [1.165, 1.54) is 11.6 Å². The van der Waals surface area contributed by atoms with Crippen LogP contribution in [0.5, 0.6) is 0 Å². The van der Waals surface area contributed by atoms with Crippen LogP contribution in [0, 0.1) is 12.7 Å². The maximum Gasteiger partial charge on any atom is 0.223 e. The second-order valence-corrected chi connectivity index (χ2v) is 4.87. The monoisotopic (exact) mass is 261 g/mol. The zero-order valence-corrected chi connectivity index (χ0v) is 10.8. The summed E-state index contributed by atoms with van der Waals surface area (Å²) in [5.41, 5.74) is 2.33. The van der Waals surface area contributed by atoms with E-state index in [4.69, 9.17) is 4.52 Å². The quantitative estimate of drug-likeness (QED) is 0.917. The summed E-state index contributed by atoms with van der Waals surface area (Å²) in [7, 11) is 0. The molecule has 0 radical (unpaired) electrons. The highest BCUT2D eigenvalue weighted by atomic mass is 19.1. The Balaban J connectivity index is 1.58. The average molecular weight is 261 g/mol. The lowest BCUT2D eigenvalue weighted by atomic mass is 10.1. The predicted molar refractivity (Wildman–Crippen MR) is 68.2 cm³/mol. The highest BCUT2D eigenvalue weighted by molar-refractivity contribution is 5.34. The van der Waals surface area contributed by atoms with Gasteiger partial charge in [0.25, 0.3) is 0 Å². The highest BCUT2D eigenvalue weighted by Crippen LogP contribution is 2.31. The molecule has 1 aromatic carbocycles. The van der Waals surface area contributed by atoms with Gasteiger partial charge in [-0.15, -0.1) is 0 Å². The summed E-state index contributed by atoms with van der Waals surface area (Å²) in [6.45, 7) is 2.58. The van der Waals surface area contributed by atoms with E-state index in [0.29, 0.717) is 11.9 Å². The number of halogens is 1. The zero-order chi connectivity index (χ0) is 13.2. The van der Waals surface area contributed by atoms with Crippen LogP contribution < -0.4 is 5.32 Å². The highest BCUT2D eigenvalue weighted by Gasteiger charge is 2.22. The van der Waals surface area contributed by atoms with Crippen LogP contribution in [0.3, 0.4) is 0 Å². The largest absolute Gasteiger partial charge is 0.340 e. The molecule has 2 aromatic rings. The molecule has 100 valence electrons. The van der Waals surface area contributed by atoms with E-state index in [-0.39, 0.29) is 5.82 Å². The number of nitrogens with zero attached hydrogens (tertiary/aromatic N) is 2. The third kappa shape index (κ3) is 2.66. The van der Waals surface area contributed by atoms with Gasteiger partial charge < -0.3 is 9.84 Å². The summed E-state index contributed by atoms with van der Waals surface area (Å²) in [5.74, 6) is 1.17. The summed E-state index contributed by atoms with van der Waals surface area (Å²) in [6, 6.07) is 5.36. The molecule has 1 unspecified atom stereocenters. The maximum absolute atomic E-state index is 13.1. The number of rotatable bonds is 4. The van der Waals surface area contributed by atoms with Crippen LogP contribution in [0.15, 0.2) is 22.7 Å². The van der Waals surface area contributed by atoms with Crippen LogP contribution in [-0.4, -0.2) is 16.7 Å². The Labute approximate surface area is 111 Å². The van der Waals surface area contributed by atoms with Crippen molar-refractivity contribution in [3.05, 3.63) is 46.9 Å². The molecule has 0 amide bonds. The minimum Gasteiger partial charge on any atom is -0.340 e. The van der Waals surface area contributed by atoms with Gasteiger partial charge in [0.05, 0.1) is 0 Å². The van der Waals surface area contributed by atoms with Gasteiger partial charge in [-0.05, 0) is 36.1 Å². The van der Waals surface area contributed by atoms with Crippen molar-refractivity contribution in [2.45, 2.75) is 32.2 Å². The van der Waals surface area contributed by atoms with Crippen LogP contribution in [0.1, 0.15) is 35.3 Å². The first-order valence-corrected chi connectivity index (χ1v) is 6.53. The van der Waals surface area contributed by atoms with Crippen molar-refractivity contribution in [1.29, 1.82) is 0 Å². The molecular formula is C14H16FN3O. The van der Waals surface area contributed by atoms with Crippen LogP contribution in [-0.2, 0) is 12.8 Å². The van der Waals surface area contributed by atoms with E-state index in [9.17, 15) is 4.39 Å². The lowest BCUT2D eigenvalue weighted by Gasteiger charge is -2.13. The van der Waals surface area contributed by atoms with Gasteiger partial charge >= 0.3 is 0 Å². The molecule has 4 nitrogen and oxygen atoms in total. The predicted octanol–water partition coefficient (Wildman–Crippen LogP) is 2.34. The smallest absolute Gasteiger partial charge is 0.223 e. The molecule has 1 aromatic heterocycles. The second-order valence-electron chi connectivity index (χ2n) is 4.87. The maximum atomic E-state index is 13.1. The van der Waals surface area contributed by atoms with Crippen molar-refractivity contribution >= 4 is 0 Å². The SMILES string of the molecule is Cc1nc(CCNC2CCc3cc(F)ccc32)no1. The fourth-order valence-corrected chi connectivity index (χ4v) is 2.60. The van der Waals surface area contributed by atoms with Gasteiger partial charge in [-0.25, -0.2) is 4.39 Å². The molecular weight excluding hydrogens is 245 g/mol. The standard InChI is InChI=1S/C14H16FN3O/c1-9-17-14(18-19-9)6-7-16-13-5-2-10-8-11(15)3-4-12(10)13/h3-4,8,13,16H,2,5-7H2,1H3. The number of nitrogens with one attached hydrogen (secondary N) is 1. The fourth-order valence-electron chi connectivity index (χ4n) is 2.60. The van der Waals surface area contributed by atoms with Crippen LogP contribution in [0.25, 0.3) is 0 Å². The molecule has 0 aliphatic heterocycles. The van der Waals surface area contributed by atoms with Crippen molar-refractivity contribution in [2.24, 2.45) is 0 Å². The molecule has 1 aliphatic carbocycles. The first kappa shape index (κ1) is 12.3. The lowest BCUT2D eigenvalue weighted by Crippen LogP contribution is -2.22. The minimum absolute atomic E-state index is 0.151. The molecule has 3 rings (SSSR count). The Morgan fingerprint density at radius 2 is 2.37 bits per heavy atom. The van der Waals surface area contributed by atoms with Gasteiger partial charge in [0, 0.05) is 25.9 Å². The van der Waals surface area contributed by atoms with Crippen molar-refractivity contribution in [1.82, 2.24) is 15.5 Å². The molecule has 0 saturated carbocycles. The van der Waals surface area contributed by atoms with Crippen molar-refractivity contribution in [3.8, 4) is 0 Å². The molecule has 1 aliphatic rings. The Hall–Kier alpha value is -1.75. The molecule has 0 spiro atoms. The summed E-state index contributed by atoms with van der Waals surface area (Å²) in [6.07, 6.45) is 2.69. The lowest BCUT2D eigenvalue weighted by molar-refractivity contribution is 0.386. The Morgan fingerprint density at radius 3 is 3.16 bits per heavy atom. The first-order valence-electron chi connectivity index (χ1n) is 6.53. The number of aryl methyl sites for hydroxylation is 2. The normalized spacial score (nSPS) is 17.7. The number of hydrogen-bond acceptors (Lipinski definition) is 4. The summed E-state index contributed by atoms with van der Waals surface area (Å²) in [4.78, 5) is 4.16. The molecule has 1 atom stereocenters. The fraction of sp³-hybridized carbons (Fsp3) is 0.429. The first-order chi connectivity index (χ1) is 9.22. The number of aromatic nitrogens is 2. The van der Waals surface area contributed by atoms with E-state index >= 15 is 0 Å². The molecule has 1 N–H and O–H groups in total. The van der Waals surface area contributed by atoms with Crippen molar-refractivity contribution in [3.63, 3.8) is 0 Å². The van der Waals surface area contributed by atoms with E-state index in [2.05, 4.69) is 15.5 Å². The van der Waals surface area contributed by atoms with Gasteiger partial charge in [0.1, 0.15) is 5.82 Å². The van der Waals surface area contributed by atoms with Gasteiger partial charge in [-0.2, -0.15) is 4.98 Å². The Morgan fingerprint density at radius 1 is 1.47 bits per heavy atom. The Kier molecular flexibility index (Phi) is 3.29. The average Bonchev–Trinajstić information content (AvgIpc) is 2.96. The number of fused-ring (bicyclic) bond motifs is 1. The summed E-state index contributed by atoms with van der Waals surface area (Å²) >= 11 is 0. The topological polar surface area (TPSA) is 51.0 Å². The van der Waals surface area contributed by atoms with E-state index < -0.39 is 0 Å².